The number of hydrogen-bond donors (Lipinski definition) is 1. The third-order valence-corrected chi connectivity index (χ3v) is 5.61. The molecule has 0 saturated heterocycles. The zero-order chi connectivity index (χ0) is 19.8. The lowest BCUT2D eigenvalue weighted by Gasteiger charge is -2.25. The number of rotatable bonds is 4. The molecule has 1 atom stereocenters. The molecule has 7 heteroatoms. The van der Waals surface area contributed by atoms with Crippen LogP contribution >= 0.6 is 0 Å². The molecule has 2 heterocycles. The average Bonchev–Trinajstić information content (AvgIpc) is 3.35. The van der Waals surface area contributed by atoms with Gasteiger partial charge < -0.3 is 9.88 Å². The van der Waals surface area contributed by atoms with Gasteiger partial charge in [0.15, 0.2) is 5.78 Å². The first kappa shape index (κ1) is 18.2. The number of hydrogen-bond acceptors (Lipinski definition) is 4. The van der Waals surface area contributed by atoms with E-state index in [1.165, 1.54) is 6.33 Å². The number of nitrogens with one attached hydrogen (secondary N) is 1. The van der Waals surface area contributed by atoms with Gasteiger partial charge in [-0.3, -0.25) is 9.59 Å². The fourth-order valence-electron chi connectivity index (χ4n) is 3.81. The number of carbonyl (C=O) groups is 2. The van der Waals surface area contributed by atoms with Gasteiger partial charge in [0.05, 0.1) is 11.7 Å². The number of aromatic amines is 1. The van der Waals surface area contributed by atoms with Gasteiger partial charge in [-0.05, 0) is 49.9 Å². The SMILES string of the molecule is Cc1c(C(=O)N(C)[C@H](C)c2ccc(-n3cncn3)cc2)[nH]c2c1C(=O)CCC2. The minimum Gasteiger partial charge on any atom is -0.354 e. The monoisotopic (exact) mass is 377 g/mol. The van der Waals surface area contributed by atoms with Crippen LogP contribution in [0.25, 0.3) is 5.69 Å². The van der Waals surface area contributed by atoms with Crippen LogP contribution < -0.4 is 0 Å². The maximum Gasteiger partial charge on any atom is 0.270 e. The van der Waals surface area contributed by atoms with Crippen molar-refractivity contribution in [3.8, 4) is 5.69 Å². The van der Waals surface area contributed by atoms with Crippen LogP contribution in [-0.2, 0) is 6.42 Å². The van der Waals surface area contributed by atoms with Crippen LogP contribution in [0.15, 0.2) is 36.9 Å². The van der Waals surface area contributed by atoms with E-state index in [4.69, 9.17) is 0 Å². The number of carbonyl (C=O) groups excluding carboxylic acids is 2. The molecule has 1 aromatic carbocycles. The molecule has 0 spiro atoms. The smallest absolute Gasteiger partial charge is 0.270 e. The molecular weight excluding hydrogens is 354 g/mol. The van der Waals surface area contributed by atoms with E-state index in [-0.39, 0.29) is 17.7 Å². The fourth-order valence-corrected chi connectivity index (χ4v) is 3.81. The second kappa shape index (κ2) is 7.07. The zero-order valence-corrected chi connectivity index (χ0v) is 16.3. The molecule has 2 aromatic heterocycles. The number of aromatic nitrogens is 4. The van der Waals surface area contributed by atoms with Crippen molar-refractivity contribution < 1.29 is 9.59 Å². The Morgan fingerprint density at radius 2 is 2.00 bits per heavy atom. The highest BCUT2D eigenvalue weighted by molar-refractivity contribution is 6.04. The normalized spacial score (nSPS) is 14.6. The van der Waals surface area contributed by atoms with Gasteiger partial charge in [-0.25, -0.2) is 9.67 Å². The maximum absolute atomic E-state index is 13.1. The first-order chi connectivity index (χ1) is 13.5. The molecule has 0 fully saturated rings. The van der Waals surface area contributed by atoms with Gasteiger partial charge in [-0.1, -0.05) is 12.1 Å². The summed E-state index contributed by atoms with van der Waals surface area (Å²) in [6, 6.07) is 7.77. The molecule has 0 aliphatic heterocycles. The lowest BCUT2D eigenvalue weighted by atomic mass is 9.93. The average molecular weight is 377 g/mol. The summed E-state index contributed by atoms with van der Waals surface area (Å²) in [6.45, 7) is 3.85. The molecule has 0 unspecified atom stereocenters. The third kappa shape index (κ3) is 3.02. The summed E-state index contributed by atoms with van der Waals surface area (Å²) in [5.41, 5.74) is 4.83. The van der Waals surface area contributed by atoms with Crippen molar-refractivity contribution in [1.29, 1.82) is 0 Å². The Morgan fingerprint density at radius 3 is 2.64 bits per heavy atom. The molecule has 0 saturated carbocycles. The summed E-state index contributed by atoms with van der Waals surface area (Å²) in [6.07, 6.45) is 5.35. The predicted octanol–water partition coefficient (Wildman–Crippen LogP) is 3.26. The van der Waals surface area contributed by atoms with Gasteiger partial charge in [-0.2, -0.15) is 5.10 Å². The molecule has 7 nitrogen and oxygen atoms in total. The van der Waals surface area contributed by atoms with E-state index in [1.54, 1.807) is 23.0 Å². The highest BCUT2D eigenvalue weighted by atomic mass is 16.2. The lowest BCUT2D eigenvalue weighted by Crippen LogP contribution is -2.30. The molecule has 1 amide bonds. The molecule has 1 aliphatic rings. The van der Waals surface area contributed by atoms with Crippen molar-refractivity contribution in [2.24, 2.45) is 0 Å². The first-order valence-electron chi connectivity index (χ1n) is 9.44. The van der Waals surface area contributed by atoms with Gasteiger partial charge in [-0.15, -0.1) is 0 Å². The molecule has 0 bridgehead atoms. The van der Waals surface area contributed by atoms with E-state index in [1.807, 2.05) is 38.1 Å². The van der Waals surface area contributed by atoms with E-state index in [9.17, 15) is 9.59 Å². The van der Waals surface area contributed by atoms with Crippen molar-refractivity contribution >= 4 is 11.7 Å². The topological polar surface area (TPSA) is 83.9 Å². The van der Waals surface area contributed by atoms with E-state index in [0.29, 0.717) is 17.7 Å². The van der Waals surface area contributed by atoms with Crippen LogP contribution in [0.2, 0.25) is 0 Å². The minimum atomic E-state index is -0.118. The lowest BCUT2D eigenvalue weighted by molar-refractivity contribution is 0.0736. The van der Waals surface area contributed by atoms with E-state index < -0.39 is 0 Å². The Kier molecular flexibility index (Phi) is 4.58. The standard InChI is InChI=1S/C21H23N5O2/c1-13-19-17(5-4-6-18(19)27)24-20(13)21(28)25(3)14(2)15-7-9-16(10-8-15)26-12-22-11-23-26/h7-12,14,24H,4-6H2,1-3H3/t14-/m1/s1. The minimum absolute atomic E-state index is 0.104. The molecule has 1 N–H and O–H groups in total. The van der Waals surface area contributed by atoms with Crippen molar-refractivity contribution in [3.05, 3.63) is 65.0 Å². The number of Topliss-reactive ketones (excluding diaryl/α,β-unsaturated/α-hetero) is 1. The summed E-state index contributed by atoms with van der Waals surface area (Å²) >= 11 is 0. The number of ketones is 1. The Labute approximate surface area is 163 Å². The maximum atomic E-state index is 13.1. The molecular formula is C21H23N5O2. The summed E-state index contributed by atoms with van der Waals surface area (Å²) in [4.78, 5) is 34.2. The second-order valence-corrected chi connectivity index (χ2v) is 7.28. The second-order valence-electron chi connectivity index (χ2n) is 7.28. The van der Waals surface area contributed by atoms with Crippen LogP contribution in [-0.4, -0.2) is 43.4 Å². The van der Waals surface area contributed by atoms with E-state index in [2.05, 4.69) is 15.1 Å². The van der Waals surface area contributed by atoms with Crippen LogP contribution in [0.5, 0.6) is 0 Å². The molecule has 144 valence electrons. The third-order valence-electron chi connectivity index (χ3n) is 5.61. The van der Waals surface area contributed by atoms with Gasteiger partial charge in [0.25, 0.3) is 5.91 Å². The summed E-state index contributed by atoms with van der Waals surface area (Å²) in [7, 11) is 1.79. The molecule has 4 rings (SSSR count). The number of benzene rings is 1. The van der Waals surface area contributed by atoms with Gasteiger partial charge in [0, 0.05) is 24.7 Å². The van der Waals surface area contributed by atoms with E-state index >= 15 is 0 Å². The van der Waals surface area contributed by atoms with Crippen LogP contribution in [0.3, 0.4) is 0 Å². The Balaban J connectivity index is 1.56. The molecule has 1 aliphatic carbocycles. The van der Waals surface area contributed by atoms with Crippen molar-refractivity contribution in [2.75, 3.05) is 7.05 Å². The number of aryl methyl sites for hydroxylation is 1. The van der Waals surface area contributed by atoms with Crippen LogP contribution in [0, 0.1) is 6.92 Å². The largest absolute Gasteiger partial charge is 0.354 e. The number of fused-ring (bicyclic) bond motifs is 1. The highest BCUT2D eigenvalue weighted by Gasteiger charge is 2.29. The van der Waals surface area contributed by atoms with Gasteiger partial charge in [0.2, 0.25) is 0 Å². The Morgan fingerprint density at radius 1 is 1.25 bits per heavy atom. The quantitative estimate of drug-likeness (QED) is 0.756. The molecule has 28 heavy (non-hydrogen) atoms. The predicted molar refractivity (Wildman–Crippen MR) is 105 cm³/mol. The Hall–Kier alpha value is -3.22. The highest BCUT2D eigenvalue weighted by Crippen LogP contribution is 2.29. The fraction of sp³-hybridized carbons (Fsp3) is 0.333. The number of H-pyrrole nitrogens is 1. The molecule has 0 radical (unpaired) electrons. The van der Waals surface area contributed by atoms with E-state index in [0.717, 1.165) is 35.3 Å². The Bertz CT molecular complexity index is 1020. The first-order valence-corrected chi connectivity index (χ1v) is 9.44. The number of amides is 1. The summed E-state index contributed by atoms with van der Waals surface area (Å²) in [5, 5.41) is 4.12. The van der Waals surface area contributed by atoms with Crippen LogP contribution in [0.1, 0.15) is 63.5 Å². The summed E-state index contributed by atoms with van der Waals surface area (Å²) < 4.78 is 1.69. The van der Waals surface area contributed by atoms with Gasteiger partial charge >= 0.3 is 0 Å². The van der Waals surface area contributed by atoms with Crippen LogP contribution in [0.4, 0.5) is 0 Å². The van der Waals surface area contributed by atoms with Crippen molar-refractivity contribution in [3.63, 3.8) is 0 Å². The van der Waals surface area contributed by atoms with Crippen molar-refractivity contribution in [2.45, 2.75) is 39.2 Å². The number of nitrogens with zero attached hydrogens (tertiary/aromatic N) is 4. The zero-order valence-electron chi connectivity index (χ0n) is 16.3. The van der Waals surface area contributed by atoms with Gasteiger partial charge in [0.1, 0.15) is 18.3 Å². The molecule has 3 aromatic rings. The summed E-state index contributed by atoms with van der Waals surface area (Å²) in [5.74, 6) is 0.0287. The van der Waals surface area contributed by atoms with Crippen molar-refractivity contribution in [1.82, 2.24) is 24.6 Å².